The molecule has 234 valence electrons. The van der Waals surface area contributed by atoms with Gasteiger partial charge in [-0.15, -0.1) is 0 Å². The molecule has 0 aromatic heterocycles. The van der Waals surface area contributed by atoms with Crippen LogP contribution in [0.2, 0.25) is 18.6 Å². The van der Waals surface area contributed by atoms with Crippen molar-refractivity contribution >= 4 is 47.5 Å². The van der Waals surface area contributed by atoms with E-state index < -0.39 is 68.2 Å². The number of carbonyl (C=O) groups excluding carboxylic acids is 2. The minimum Gasteiger partial charge on any atom is -0.396 e. The molecule has 3 aliphatic rings. The lowest BCUT2D eigenvalue weighted by atomic mass is 9.82. The van der Waals surface area contributed by atoms with Gasteiger partial charge >= 0.3 is 0 Å². The van der Waals surface area contributed by atoms with Crippen molar-refractivity contribution in [1.29, 1.82) is 0 Å². The molecule has 0 unspecified atom stereocenters. The molecule has 0 saturated carbocycles. The van der Waals surface area contributed by atoms with Gasteiger partial charge in [0.2, 0.25) is 8.41 Å². The number of fused-ring (bicyclic) bond motifs is 2. The molecular formula is C29H36BrFN2O9Si. The highest BCUT2D eigenvalue weighted by atomic mass is 79.9. The maximum atomic E-state index is 15.7. The van der Waals surface area contributed by atoms with Crippen LogP contribution >= 0.6 is 15.9 Å². The molecule has 0 aliphatic carbocycles. The number of nitrogens with zero attached hydrogens (tertiary/aromatic N) is 1. The Hall–Kier alpha value is -2.27. The molecule has 5 rings (SSSR count). The zero-order valence-corrected chi connectivity index (χ0v) is 26.4. The summed E-state index contributed by atoms with van der Waals surface area (Å²) in [6, 6.07) is 12.0. The van der Waals surface area contributed by atoms with E-state index in [1.807, 2.05) is 25.1 Å². The number of hydrogen-bond acceptors (Lipinski definition) is 9. The third kappa shape index (κ3) is 5.57. The lowest BCUT2D eigenvalue weighted by Gasteiger charge is -2.37. The fourth-order valence-electron chi connectivity index (χ4n) is 6.74. The molecule has 2 aromatic carbocycles. The van der Waals surface area contributed by atoms with Gasteiger partial charge in [-0.05, 0) is 55.4 Å². The lowest BCUT2D eigenvalue weighted by molar-refractivity contribution is -0.274. The average molecular weight is 684 g/mol. The van der Waals surface area contributed by atoms with Gasteiger partial charge in [0.05, 0.1) is 18.3 Å². The molecule has 6 N–H and O–H groups in total. The third-order valence-corrected chi connectivity index (χ3v) is 11.7. The molecule has 14 heteroatoms. The molecule has 2 saturated heterocycles. The van der Waals surface area contributed by atoms with Gasteiger partial charge in [-0.25, -0.2) is 0 Å². The number of aliphatic hydroxyl groups is 5. The average Bonchev–Trinajstić information content (AvgIpc) is 3.37. The van der Waals surface area contributed by atoms with Crippen molar-refractivity contribution in [3.63, 3.8) is 0 Å². The van der Waals surface area contributed by atoms with Crippen LogP contribution in [0.3, 0.4) is 0 Å². The fraction of sp³-hybridized carbons (Fsp3) is 0.517. The molecule has 9 atom stereocenters. The van der Waals surface area contributed by atoms with Crippen LogP contribution in [0.15, 0.2) is 46.9 Å². The van der Waals surface area contributed by atoms with E-state index in [0.29, 0.717) is 16.9 Å². The van der Waals surface area contributed by atoms with E-state index in [1.54, 1.807) is 42.3 Å². The van der Waals surface area contributed by atoms with Gasteiger partial charge in [0.1, 0.15) is 18.3 Å². The Labute approximate surface area is 257 Å². The highest BCUT2D eigenvalue weighted by Gasteiger charge is 2.66. The first-order valence-corrected chi connectivity index (χ1v) is 17.8. The molecule has 0 radical (unpaired) electrons. The Morgan fingerprint density at radius 3 is 2.40 bits per heavy atom. The summed E-state index contributed by atoms with van der Waals surface area (Å²) >= 11 is 3.50. The Bertz CT molecular complexity index is 1380. The molecular weight excluding hydrogens is 647 g/mol. The van der Waals surface area contributed by atoms with Crippen LogP contribution in [0.25, 0.3) is 0 Å². The number of hydrogen-bond donors (Lipinski definition) is 6. The molecule has 3 aliphatic heterocycles. The Balaban J connectivity index is 1.38. The van der Waals surface area contributed by atoms with Crippen molar-refractivity contribution in [3.05, 3.63) is 58.1 Å². The van der Waals surface area contributed by atoms with Crippen LogP contribution in [0.5, 0.6) is 0 Å². The summed E-state index contributed by atoms with van der Waals surface area (Å²) in [5.41, 5.74) is 0.419. The zero-order chi connectivity index (χ0) is 31.4. The molecule has 3 heterocycles. The first-order valence-electron chi connectivity index (χ1n) is 14.1. The van der Waals surface area contributed by atoms with Crippen LogP contribution in [0, 0.1) is 5.92 Å². The van der Waals surface area contributed by atoms with Gasteiger partial charge in [-0.3, -0.25) is 9.59 Å². The number of ether oxygens (including phenoxy) is 2. The van der Waals surface area contributed by atoms with Crippen LogP contribution in [0.1, 0.15) is 24.5 Å². The van der Waals surface area contributed by atoms with Crippen molar-refractivity contribution in [2.24, 2.45) is 5.92 Å². The summed E-state index contributed by atoms with van der Waals surface area (Å²) in [6.45, 7) is 5.04. The number of anilines is 2. The number of benzene rings is 2. The number of carbonyl (C=O) groups is 2. The SMILES string of the molecule is C[C@H]1[C@H]([Si](C)(C)F)[C@@H](CCO)O[C@]12C(=O)N(Cc1ccc(NC(=O)[C@H]3O[C@@H](O)[C@H](O)[C@@H](O)[C@@H]3O)cc1)c1ccc(Br)cc12. The molecule has 2 fully saturated rings. The maximum Gasteiger partial charge on any atom is 0.264 e. The van der Waals surface area contributed by atoms with Gasteiger partial charge < -0.3 is 49.3 Å². The van der Waals surface area contributed by atoms with Crippen LogP contribution in [-0.4, -0.2) is 89.2 Å². The van der Waals surface area contributed by atoms with Gasteiger partial charge in [-0.1, -0.05) is 35.0 Å². The standard InChI is InChI=1S/C29H36BrFN2O9Si/c1-14-25(43(2,3)31)20(10-11-34)42-29(14)18-12-16(30)6-9-19(18)33(28(29)40)13-15-4-7-17(8-5-15)32-26(38)24-22(36)21(35)23(37)27(39)41-24/h4-9,12,14,20-25,27,34-37,39H,10-11,13H2,1-3H3,(H,32,38)/t14-,20+,21-,22-,23+,24-,25-,27+,29+/m0/s1. The van der Waals surface area contributed by atoms with Crippen molar-refractivity contribution in [1.82, 2.24) is 0 Å². The first-order chi connectivity index (χ1) is 20.2. The third-order valence-electron chi connectivity index (χ3n) is 8.75. The summed E-state index contributed by atoms with van der Waals surface area (Å²) in [5, 5.41) is 51.6. The second kappa shape index (κ2) is 11.9. The monoisotopic (exact) mass is 682 g/mol. The van der Waals surface area contributed by atoms with Gasteiger partial charge in [-0.2, -0.15) is 0 Å². The van der Waals surface area contributed by atoms with Crippen molar-refractivity contribution in [2.75, 3.05) is 16.8 Å². The molecule has 2 aromatic rings. The van der Waals surface area contributed by atoms with E-state index in [2.05, 4.69) is 21.2 Å². The van der Waals surface area contributed by atoms with E-state index in [4.69, 9.17) is 9.47 Å². The Morgan fingerprint density at radius 1 is 1.09 bits per heavy atom. The fourth-order valence-corrected chi connectivity index (χ4v) is 9.64. The molecule has 2 amide bonds. The highest BCUT2D eigenvalue weighted by Crippen LogP contribution is 2.60. The number of nitrogens with one attached hydrogen (secondary N) is 1. The van der Waals surface area contributed by atoms with Crippen LogP contribution in [-0.2, 0) is 31.2 Å². The molecule has 1 spiro atoms. The van der Waals surface area contributed by atoms with E-state index in [-0.39, 0.29) is 25.5 Å². The predicted octanol–water partition coefficient (Wildman–Crippen LogP) is 1.89. The highest BCUT2D eigenvalue weighted by molar-refractivity contribution is 9.10. The topological polar surface area (TPSA) is 169 Å². The number of amides is 2. The lowest BCUT2D eigenvalue weighted by Crippen LogP contribution is -2.60. The number of rotatable bonds is 7. The van der Waals surface area contributed by atoms with E-state index >= 15 is 4.11 Å². The number of halogens is 2. The molecule has 11 nitrogen and oxygen atoms in total. The van der Waals surface area contributed by atoms with Gasteiger partial charge in [0, 0.05) is 33.8 Å². The minimum atomic E-state index is -3.31. The van der Waals surface area contributed by atoms with Crippen LogP contribution < -0.4 is 10.2 Å². The first kappa shape index (κ1) is 32.1. The summed E-state index contributed by atoms with van der Waals surface area (Å²) < 4.78 is 27.9. The minimum absolute atomic E-state index is 0.159. The van der Waals surface area contributed by atoms with Gasteiger partial charge in [0.25, 0.3) is 11.8 Å². The summed E-state index contributed by atoms with van der Waals surface area (Å²) in [6.07, 6.45) is -9.14. The Kier molecular flexibility index (Phi) is 8.90. The van der Waals surface area contributed by atoms with Crippen molar-refractivity contribution in [2.45, 2.75) is 80.9 Å². The summed E-state index contributed by atoms with van der Waals surface area (Å²) in [4.78, 5) is 28.6. The smallest absolute Gasteiger partial charge is 0.264 e. The van der Waals surface area contributed by atoms with E-state index in [9.17, 15) is 35.1 Å². The zero-order valence-electron chi connectivity index (χ0n) is 23.9. The normalized spacial score (nSPS) is 34.1. The maximum absolute atomic E-state index is 15.7. The molecule has 0 bridgehead atoms. The predicted molar refractivity (Wildman–Crippen MR) is 159 cm³/mol. The van der Waals surface area contributed by atoms with E-state index in [1.165, 1.54) is 0 Å². The van der Waals surface area contributed by atoms with Crippen molar-refractivity contribution < 1.29 is 48.7 Å². The van der Waals surface area contributed by atoms with Crippen molar-refractivity contribution in [3.8, 4) is 0 Å². The van der Waals surface area contributed by atoms with Crippen LogP contribution in [0.4, 0.5) is 15.5 Å². The number of aliphatic hydroxyl groups excluding tert-OH is 5. The summed E-state index contributed by atoms with van der Waals surface area (Å²) in [7, 11) is -3.31. The second-order valence-electron chi connectivity index (χ2n) is 11.9. The quantitative estimate of drug-likeness (QED) is 0.189. The summed E-state index contributed by atoms with van der Waals surface area (Å²) in [5.74, 6) is -1.62. The Morgan fingerprint density at radius 2 is 1.77 bits per heavy atom. The molecule has 43 heavy (non-hydrogen) atoms. The van der Waals surface area contributed by atoms with Gasteiger partial charge in [0.15, 0.2) is 18.0 Å². The second-order valence-corrected chi connectivity index (χ2v) is 16.7. The largest absolute Gasteiger partial charge is 0.396 e. The van der Waals surface area contributed by atoms with E-state index in [0.717, 1.165) is 10.0 Å².